The van der Waals surface area contributed by atoms with Gasteiger partial charge in [-0.1, -0.05) is 19.9 Å². The largest absolute Gasteiger partial charge is 0.349 e. The van der Waals surface area contributed by atoms with Gasteiger partial charge >= 0.3 is 0 Å². The summed E-state index contributed by atoms with van der Waals surface area (Å²) in [5.41, 5.74) is 0.728. The number of aromatic nitrogens is 1. The molecule has 3 heterocycles. The maximum atomic E-state index is 12.7. The van der Waals surface area contributed by atoms with Crippen LogP contribution in [0, 0.1) is 5.92 Å². The number of carbonyl (C=O) groups excluding carboxylic acids is 2. The van der Waals surface area contributed by atoms with Crippen LogP contribution in [0.1, 0.15) is 34.0 Å². The fourth-order valence-corrected chi connectivity index (χ4v) is 3.55. The van der Waals surface area contributed by atoms with E-state index in [1.807, 2.05) is 45.3 Å². The lowest BCUT2D eigenvalue weighted by Gasteiger charge is -2.37. The molecule has 6 heteroatoms. The summed E-state index contributed by atoms with van der Waals surface area (Å²) in [4.78, 5) is 27.4. The van der Waals surface area contributed by atoms with Crippen molar-refractivity contribution in [2.24, 2.45) is 5.92 Å². The Morgan fingerprint density at radius 3 is 2.91 bits per heavy atom. The normalized spacial score (nSPS) is 17.4. The zero-order chi connectivity index (χ0) is 16.4. The number of rotatable bonds is 5. The van der Waals surface area contributed by atoms with Crippen molar-refractivity contribution in [3.63, 3.8) is 0 Å². The first-order chi connectivity index (χ1) is 11.1. The molecule has 1 atom stereocenters. The van der Waals surface area contributed by atoms with Gasteiger partial charge in [-0.2, -0.15) is 0 Å². The maximum absolute atomic E-state index is 12.7. The molecule has 0 radical (unpaired) electrons. The molecule has 0 bridgehead atoms. The van der Waals surface area contributed by atoms with Crippen LogP contribution in [0.3, 0.4) is 0 Å². The third kappa shape index (κ3) is 3.32. The van der Waals surface area contributed by atoms with E-state index in [9.17, 15) is 9.59 Å². The summed E-state index contributed by atoms with van der Waals surface area (Å²) in [6.07, 6.45) is 1.92. The summed E-state index contributed by atoms with van der Waals surface area (Å²) in [5, 5.41) is 4.85. The van der Waals surface area contributed by atoms with E-state index in [0.29, 0.717) is 30.4 Å². The predicted molar refractivity (Wildman–Crippen MR) is 90.7 cm³/mol. The number of fused-ring (bicyclic) bond motifs is 1. The Kier molecular flexibility index (Phi) is 4.52. The molecular weight excluding hydrogens is 310 g/mol. The second kappa shape index (κ2) is 6.58. The fourth-order valence-electron chi connectivity index (χ4n) is 2.91. The van der Waals surface area contributed by atoms with Crippen molar-refractivity contribution in [1.29, 1.82) is 0 Å². The summed E-state index contributed by atoms with van der Waals surface area (Å²) < 4.78 is 1.97. The van der Waals surface area contributed by atoms with Gasteiger partial charge in [-0.15, -0.1) is 11.3 Å². The highest BCUT2D eigenvalue weighted by Crippen LogP contribution is 2.19. The highest BCUT2D eigenvalue weighted by molar-refractivity contribution is 7.12. The van der Waals surface area contributed by atoms with E-state index in [1.54, 1.807) is 0 Å². The Bertz CT molecular complexity index is 691. The molecule has 2 aromatic heterocycles. The van der Waals surface area contributed by atoms with Crippen LogP contribution in [0.15, 0.2) is 35.8 Å². The first-order valence-corrected chi connectivity index (χ1v) is 8.72. The third-order valence-corrected chi connectivity index (χ3v) is 4.83. The Balaban J connectivity index is 1.73. The summed E-state index contributed by atoms with van der Waals surface area (Å²) in [7, 11) is 0. The van der Waals surface area contributed by atoms with Crippen molar-refractivity contribution in [2.45, 2.75) is 26.4 Å². The quantitative estimate of drug-likeness (QED) is 0.915. The van der Waals surface area contributed by atoms with Gasteiger partial charge in [-0.25, -0.2) is 0 Å². The van der Waals surface area contributed by atoms with Gasteiger partial charge < -0.3 is 14.8 Å². The minimum absolute atomic E-state index is 0.0197. The van der Waals surface area contributed by atoms with Crippen LogP contribution in [-0.2, 0) is 6.54 Å². The summed E-state index contributed by atoms with van der Waals surface area (Å²) in [6, 6.07) is 7.40. The average Bonchev–Trinajstić information content (AvgIpc) is 3.18. The van der Waals surface area contributed by atoms with Crippen molar-refractivity contribution < 1.29 is 9.59 Å². The van der Waals surface area contributed by atoms with Gasteiger partial charge in [0.25, 0.3) is 11.8 Å². The molecule has 0 saturated carbocycles. The zero-order valence-electron chi connectivity index (χ0n) is 13.4. The van der Waals surface area contributed by atoms with Crippen molar-refractivity contribution in [2.75, 3.05) is 13.1 Å². The average molecular weight is 331 g/mol. The van der Waals surface area contributed by atoms with E-state index in [-0.39, 0.29) is 17.9 Å². The number of carbonyl (C=O) groups is 2. The van der Waals surface area contributed by atoms with Gasteiger partial charge in [-0.3, -0.25) is 9.59 Å². The van der Waals surface area contributed by atoms with E-state index in [0.717, 1.165) is 5.69 Å². The molecule has 1 unspecified atom stereocenters. The van der Waals surface area contributed by atoms with Crippen LogP contribution in [0.25, 0.3) is 0 Å². The van der Waals surface area contributed by atoms with E-state index < -0.39 is 0 Å². The highest BCUT2D eigenvalue weighted by Gasteiger charge is 2.32. The number of thiophene rings is 1. The lowest BCUT2D eigenvalue weighted by atomic mass is 10.1. The van der Waals surface area contributed by atoms with Gasteiger partial charge in [0.15, 0.2) is 0 Å². The number of amides is 2. The van der Waals surface area contributed by atoms with E-state index in [1.165, 1.54) is 11.3 Å². The van der Waals surface area contributed by atoms with Crippen molar-refractivity contribution >= 4 is 23.2 Å². The second-order valence-corrected chi connectivity index (χ2v) is 7.19. The molecule has 0 spiro atoms. The number of hydrogen-bond donors (Lipinski definition) is 1. The monoisotopic (exact) mass is 331 g/mol. The van der Waals surface area contributed by atoms with Gasteiger partial charge in [0.05, 0.1) is 10.9 Å². The number of nitrogens with zero attached hydrogens (tertiary/aromatic N) is 2. The molecule has 3 rings (SSSR count). The molecule has 122 valence electrons. The molecule has 0 aromatic carbocycles. The topological polar surface area (TPSA) is 54.3 Å². The van der Waals surface area contributed by atoms with Gasteiger partial charge in [0, 0.05) is 25.8 Å². The van der Waals surface area contributed by atoms with Crippen molar-refractivity contribution in [1.82, 2.24) is 14.8 Å². The molecule has 23 heavy (non-hydrogen) atoms. The van der Waals surface area contributed by atoms with Crippen LogP contribution in [0.5, 0.6) is 0 Å². The SMILES string of the molecule is CC(C)CN1C(=O)c2cccn2CC1CNC(=O)c1cccs1. The minimum atomic E-state index is -0.0738. The van der Waals surface area contributed by atoms with Crippen LogP contribution in [-0.4, -0.2) is 40.4 Å². The van der Waals surface area contributed by atoms with Crippen LogP contribution in [0.4, 0.5) is 0 Å². The lowest BCUT2D eigenvalue weighted by Crippen LogP contribution is -2.53. The van der Waals surface area contributed by atoms with Crippen molar-refractivity contribution in [3.05, 3.63) is 46.4 Å². The van der Waals surface area contributed by atoms with E-state index in [2.05, 4.69) is 19.2 Å². The van der Waals surface area contributed by atoms with E-state index in [4.69, 9.17) is 0 Å². The maximum Gasteiger partial charge on any atom is 0.270 e. The molecular formula is C17H21N3O2S. The molecule has 2 aromatic rings. The summed E-state index contributed by atoms with van der Waals surface area (Å²) >= 11 is 1.42. The van der Waals surface area contributed by atoms with E-state index >= 15 is 0 Å². The Morgan fingerprint density at radius 2 is 2.22 bits per heavy atom. The minimum Gasteiger partial charge on any atom is -0.349 e. The standard InChI is InChI=1S/C17H21N3O2S/c1-12(2)10-20-13(9-18-16(21)15-6-4-8-23-15)11-19-7-3-5-14(19)17(20)22/h3-8,12-13H,9-11H2,1-2H3,(H,18,21). The third-order valence-electron chi connectivity index (χ3n) is 3.96. The molecule has 2 amide bonds. The lowest BCUT2D eigenvalue weighted by molar-refractivity contribution is 0.0554. The fraction of sp³-hybridized carbons (Fsp3) is 0.412. The number of hydrogen-bond acceptors (Lipinski definition) is 3. The molecule has 1 aliphatic rings. The first kappa shape index (κ1) is 15.8. The highest BCUT2D eigenvalue weighted by atomic mass is 32.1. The Labute approximate surface area is 139 Å². The number of nitrogens with one attached hydrogen (secondary N) is 1. The molecule has 5 nitrogen and oxygen atoms in total. The zero-order valence-corrected chi connectivity index (χ0v) is 14.2. The van der Waals surface area contributed by atoms with Crippen LogP contribution >= 0.6 is 11.3 Å². The van der Waals surface area contributed by atoms with Gasteiger partial charge in [0.2, 0.25) is 0 Å². The molecule has 0 saturated heterocycles. The summed E-state index contributed by atoms with van der Waals surface area (Å²) in [6.45, 7) is 6.08. The first-order valence-electron chi connectivity index (χ1n) is 7.84. The smallest absolute Gasteiger partial charge is 0.270 e. The van der Waals surface area contributed by atoms with Gasteiger partial charge in [-0.05, 0) is 29.5 Å². The van der Waals surface area contributed by atoms with Crippen LogP contribution in [0.2, 0.25) is 0 Å². The van der Waals surface area contributed by atoms with Crippen LogP contribution < -0.4 is 5.32 Å². The molecule has 0 fully saturated rings. The second-order valence-electron chi connectivity index (χ2n) is 6.24. The Hall–Kier alpha value is -2.08. The molecule has 1 aliphatic heterocycles. The predicted octanol–water partition coefficient (Wildman–Crippen LogP) is 2.46. The molecule has 0 aliphatic carbocycles. The summed E-state index contributed by atoms with van der Waals surface area (Å²) in [5.74, 6) is 0.358. The van der Waals surface area contributed by atoms with Gasteiger partial charge in [0.1, 0.15) is 5.69 Å². The van der Waals surface area contributed by atoms with Crippen molar-refractivity contribution in [3.8, 4) is 0 Å². The molecule has 1 N–H and O–H groups in total. The Morgan fingerprint density at radius 1 is 1.39 bits per heavy atom.